The van der Waals surface area contributed by atoms with Crippen molar-refractivity contribution < 1.29 is 0 Å². The van der Waals surface area contributed by atoms with Gasteiger partial charge in [-0.25, -0.2) is 0 Å². The van der Waals surface area contributed by atoms with E-state index in [9.17, 15) is 0 Å². The molecule has 0 radical (unpaired) electrons. The van der Waals surface area contributed by atoms with E-state index >= 15 is 0 Å². The molecule has 0 saturated heterocycles. The lowest BCUT2D eigenvalue weighted by Crippen LogP contribution is -2.06. The van der Waals surface area contributed by atoms with Crippen molar-refractivity contribution in [3.05, 3.63) is 30.1 Å². The summed E-state index contributed by atoms with van der Waals surface area (Å²) in [5, 5.41) is 0. The Labute approximate surface area is 67.9 Å². The molecule has 0 bridgehead atoms. The molecular formula is C7H12N2S. The molecule has 0 unspecified atom stereocenters. The van der Waals surface area contributed by atoms with E-state index in [1.54, 1.807) is 6.20 Å². The Morgan fingerprint density at radius 1 is 1.50 bits per heavy atom. The zero-order valence-corrected chi connectivity index (χ0v) is 6.91. The van der Waals surface area contributed by atoms with E-state index in [0.29, 0.717) is 0 Å². The van der Waals surface area contributed by atoms with Crippen LogP contribution in [0.2, 0.25) is 0 Å². The molecule has 1 aromatic rings. The van der Waals surface area contributed by atoms with Gasteiger partial charge in [0.2, 0.25) is 0 Å². The minimum atomic E-state index is 0. The summed E-state index contributed by atoms with van der Waals surface area (Å²) in [5.41, 5.74) is 6.49. The minimum Gasteiger partial charge on any atom is -0.323 e. The van der Waals surface area contributed by atoms with Crippen LogP contribution < -0.4 is 5.73 Å². The van der Waals surface area contributed by atoms with Gasteiger partial charge in [0.15, 0.2) is 0 Å². The second-order valence-electron chi connectivity index (χ2n) is 2.04. The molecule has 2 N–H and O–H groups in total. The van der Waals surface area contributed by atoms with Crippen molar-refractivity contribution in [1.29, 1.82) is 0 Å². The summed E-state index contributed by atoms with van der Waals surface area (Å²) < 4.78 is 0. The molecule has 3 heteroatoms. The molecule has 0 spiro atoms. The van der Waals surface area contributed by atoms with Crippen LogP contribution in [0.25, 0.3) is 0 Å². The van der Waals surface area contributed by atoms with Gasteiger partial charge in [-0.2, -0.15) is 13.5 Å². The number of hydrogen-bond acceptors (Lipinski definition) is 2. The molecule has 1 atom stereocenters. The lowest BCUT2D eigenvalue weighted by molar-refractivity contribution is 0.781. The van der Waals surface area contributed by atoms with Gasteiger partial charge in [0.05, 0.1) is 5.69 Å². The van der Waals surface area contributed by atoms with Gasteiger partial charge in [-0.15, -0.1) is 0 Å². The molecule has 0 aliphatic rings. The van der Waals surface area contributed by atoms with Crippen molar-refractivity contribution in [2.45, 2.75) is 13.0 Å². The Morgan fingerprint density at radius 3 is 2.50 bits per heavy atom. The summed E-state index contributed by atoms with van der Waals surface area (Å²) in [6.07, 6.45) is 1.75. The predicted molar refractivity (Wildman–Crippen MR) is 47.2 cm³/mol. The van der Waals surface area contributed by atoms with Crippen molar-refractivity contribution in [3.63, 3.8) is 0 Å². The molecule has 1 aromatic heterocycles. The lowest BCUT2D eigenvalue weighted by atomic mass is 10.2. The van der Waals surface area contributed by atoms with Gasteiger partial charge >= 0.3 is 0 Å². The smallest absolute Gasteiger partial charge is 0.0568 e. The highest BCUT2D eigenvalue weighted by molar-refractivity contribution is 7.59. The van der Waals surface area contributed by atoms with Gasteiger partial charge in [0, 0.05) is 12.2 Å². The molecule has 1 heterocycles. The van der Waals surface area contributed by atoms with Crippen LogP contribution in [-0.4, -0.2) is 4.98 Å². The second-order valence-corrected chi connectivity index (χ2v) is 2.04. The van der Waals surface area contributed by atoms with Gasteiger partial charge in [-0.05, 0) is 19.1 Å². The van der Waals surface area contributed by atoms with Crippen molar-refractivity contribution in [1.82, 2.24) is 4.98 Å². The maximum atomic E-state index is 5.55. The maximum absolute atomic E-state index is 5.55. The van der Waals surface area contributed by atoms with Crippen LogP contribution in [0, 0.1) is 0 Å². The fourth-order valence-electron chi connectivity index (χ4n) is 0.645. The quantitative estimate of drug-likeness (QED) is 0.664. The maximum Gasteiger partial charge on any atom is 0.0568 e. The highest BCUT2D eigenvalue weighted by Gasteiger charge is 1.95. The number of rotatable bonds is 1. The summed E-state index contributed by atoms with van der Waals surface area (Å²) in [5.74, 6) is 0. The molecule has 0 aromatic carbocycles. The molecule has 56 valence electrons. The van der Waals surface area contributed by atoms with E-state index in [4.69, 9.17) is 5.73 Å². The highest BCUT2D eigenvalue weighted by Crippen LogP contribution is 2.02. The van der Waals surface area contributed by atoms with Gasteiger partial charge in [0.25, 0.3) is 0 Å². The Kier molecular flexibility index (Phi) is 4.07. The Hall–Kier alpha value is -0.540. The van der Waals surface area contributed by atoms with E-state index in [1.165, 1.54) is 0 Å². The highest BCUT2D eigenvalue weighted by atomic mass is 32.1. The second kappa shape index (κ2) is 4.30. The fraction of sp³-hybridized carbons (Fsp3) is 0.286. The van der Waals surface area contributed by atoms with E-state index in [1.807, 2.05) is 25.1 Å². The van der Waals surface area contributed by atoms with Gasteiger partial charge in [-0.3, -0.25) is 4.98 Å². The van der Waals surface area contributed by atoms with Gasteiger partial charge in [-0.1, -0.05) is 6.07 Å². The molecule has 1 rings (SSSR count). The lowest BCUT2D eigenvalue weighted by Gasteiger charge is -2.00. The predicted octanol–water partition coefficient (Wildman–Crippen LogP) is 1.21. The standard InChI is InChI=1S/C7H10N2.H2S/c1-6(8)7-4-2-3-5-9-7;/h2-6H,8H2,1H3;1H2/t6-;/m0./s1. The van der Waals surface area contributed by atoms with Crippen molar-refractivity contribution in [2.75, 3.05) is 0 Å². The number of nitrogens with two attached hydrogens (primary N) is 1. The first-order valence-electron chi connectivity index (χ1n) is 2.97. The van der Waals surface area contributed by atoms with E-state index in [-0.39, 0.29) is 19.5 Å². The molecular weight excluding hydrogens is 144 g/mol. The molecule has 0 fully saturated rings. The normalized spacial score (nSPS) is 11.8. The first-order valence-corrected chi connectivity index (χ1v) is 2.97. The third-order valence-electron chi connectivity index (χ3n) is 1.15. The summed E-state index contributed by atoms with van der Waals surface area (Å²) in [7, 11) is 0. The van der Waals surface area contributed by atoms with E-state index in [2.05, 4.69) is 4.98 Å². The van der Waals surface area contributed by atoms with Gasteiger partial charge in [0.1, 0.15) is 0 Å². The topological polar surface area (TPSA) is 38.9 Å². The average Bonchev–Trinajstić information content (AvgIpc) is 1.90. The van der Waals surface area contributed by atoms with Crippen LogP contribution in [0.5, 0.6) is 0 Å². The summed E-state index contributed by atoms with van der Waals surface area (Å²) in [4.78, 5) is 4.05. The van der Waals surface area contributed by atoms with E-state index in [0.717, 1.165) is 5.69 Å². The summed E-state index contributed by atoms with van der Waals surface area (Å²) >= 11 is 0. The summed E-state index contributed by atoms with van der Waals surface area (Å²) in [6.45, 7) is 1.92. The molecule has 0 aliphatic heterocycles. The molecule has 2 nitrogen and oxygen atoms in total. The van der Waals surface area contributed by atoms with Crippen LogP contribution in [0.1, 0.15) is 18.7 Å². The first-order chi connectivity index (χ1) is 4.30. The Morgan fingerprint density at radius 2 is 2.20 bits per heavy atom. The molecule has 0 amide bonds. The van der Waals surface area contributed by atoms with Crippen LogP contribution in [0.4, 0.5) is 0 Å². The van der Waals surface area contributed by atoms with Crippen molar-refractivity contribution in [3.8, 4) is 0 Å². The molecule has 0 aliphatic carbocycles. The first kappa shape index (κ1) is 9.46. The number of pyridine rings is 1. The van der Waals surface area contributed by atoms with Crippen molar-refractivity contribution >= 4 is 13.5 Å². The average molecular weight is 156 g/mol. The zero-order chi connectivity index (χ0) is 6.69. The van der Waals surface area contributed by atoms with Crippen LogP contribution >= 0.6 is 13.5 Å². The fourth-order valence-corrected chi connectivity index (χ4v) is 0.645. The minimum absolute atomic E-state index is 0. The largest absolute Gasteiger partial charge is 0.323 e. The zero-order valence-electron chi connectivity index (χ0n) is 5.91. The monoisotopic (exact) mass is 156 g/mol. The molecule has 0 saturated carbocycles. The summed E-state index contributed by atoms with van der Waals surface area (Å²) in [6, 6.07) is 5.79. The third kappa shape index (κ3) is 2.37. The van der Waals surface area contributed by atoms with Gasteiger partial charge < -0.3 is 5.73 Å². The number of aromatic nitrogens is 1. The Bertz CT molecular complexity index is 174. The Balaban J connectivity index is 0.000000810. The van der Waals surface area contributed by atoms with Crippen LogP contribution in [0.15, 0.2) is 24.4 Å². The number of nitrogens with zero attached hydrogens (tertiary/aromatic N) is 1. The van der Waals surface area contributed by atoms with E-state index < -0.39 is 0 Å². The number of hydrogen-bond donors (Lipinski definition) is 1. The van der Waals surface area contributed by atoms with Crippen LogP contribution in [0.3, 0.4) is 0 Å². The SMILES string of the molecule is C[C@H](N)c1ccccn1.S. The molecule has 10 heavy (non-hydrogen) atoms. The third-order valence-corrected chi connectivity index (χ3v) is 1.15. The van der Waals surface area contributed by atoms with Crippen LogP contribution in [-0.2, 0) is 0 Å². The van der Waals surface area contributed by atoms with Crippen molar-refractivity contribution in [2.24, 2.45) is 5.73 Å².